The first-order valence-electron chi connectivity index (χ1n) is 10.2. The van der Waals surface area contributed by atoms with Crippen LogP contribution >= 0.6 is 0 Å². The van der Waals surface area contributed by atoms with Gasteiger partial charge in [0.05, 0.1) is 12.2 Å². The molecule has 6 nitrogen and oxygen atoms in total. The smallest absolute Gasteiger partial charge is 0.334 e. The maximum absolute atomic E-state index is 12.2. The molecule has 3 rings (SSSR count). The Morgan fingerprint density at radius 2 is 2.04 bits per heavy atom. The lowest BCUT2D eigenvalue weighted by Gasteiger charge is -2.36. The highest BCUT2D eigenvalue weighted by molar-refractivity contribution is 5.90. The molecule has 0 spiro atoms. The van der Waals surface area contributed by atoms with Gasteiger partial charge in [0.15, 0.2) is 0 Å². The molecule has 0 aromatic carbocycles. The monoisotopic (exact) mass is 392 g/mol. The number of hydrogen-bond acceptors (Lipinski definition) is 6. The van der Waals surface area contributed by atoms with Crippen molar-refractivity contribution in [3.8, 4) is 0 Å². The summed E-state index contributed by atoms with van der Waals surface area (Å²) in [7, 11) is 0. The number of carbonyl (C=O) groups is 2. The van der Waals surface area contributed by atoms with Gasteiger partial charge in [-0.1, -0.05) is 20.1 Å². The van der Waals surface area contributed by atoms with Crippen molar-refractivity contribution in [3.05, 3.63) is 24.3 Å². The van der Waals surface area contributed by atoms with Gasteiger partial charge in [-0.15, -0.1) is 0 Å². The normalized spacial score (nSPS) is 42.1. The number of hydrogen-bond donors (Lipinski definition) is 1. The molecular weight excluding hydrogens is 360 g/mol. The number of aliphatic hydroxyl groups excluding tert-OH is 1. The van der Waals surface area contributed by atoms with E-state index in [1.54, 1.807) is 0 Å². The topological polar surface area (TPSA) is 82.1 Å². The minimum atomic E-state index is -0.800. The standard InChI is InChI=1S/C22H32O6/c1-12-7-6-8-13(2)19(24)20-16(14(3)21(25)27-20)11-18(26-15(4)23)22(5)10-9-17(12)28-22/h13,16-20,24H,1,3,6-11H2,2,4-5H3/t13-,16+,17-,18-,19+,20-,22+/m1/s1. The molecule has 156 valence electrons. The van der Waals surface area contributed by atoms with Crippen molar-refractivity contribution in [2.45, 2.75) is 89.3 Å². The maximum atomic E-state index is 12.2. The van der Waals surface area contributed by atoms with E-state index in [1.165, 1.54) is 6.92 Å². The first kappa shape index (κ1) is 21.1. The van der Waals surface area contributed by atoms with Crippen molar-refractivity contribution in [1.29, 1.82) is 0 Å². The Labute approximate surface area is 166 Å². The highest BCUT2D eigenvalue weighted by atomic mass is 16.6. The van der Waals surface area contributed by atoms with Crippen molar-refractivity contribution >= 4 is 11.9 Å². The Hall–Kier alpha value is -1.66. The lowest BCUT2D eigenvalue weighted by Crippen LogP contribution is -2.46. The molecule has 6 heteroatoms. The van der Waals surface area contributed by atoms with E-state index in [1.807, 2.05) is 13.8 Å². The van der Waals surface area contributed by atoms with Crippen molar-refractivity contribution in [3.63, 3.8) is 0 Å². The largest absolute Gasteiger partial charge is 0.459 e. The average molecular weight is 392 g/mol. The van der Waals surface area contributed by atoms with Crippen molar-refractivity contribution in [1.82, 2.24) is 0 Å². The zero-order valence-corrected chi connectivity index (χ0v) is 17.1. The summed E-state index contributed by atoms with van der Waals surface area (Å²) < 4.78 is 17.5. The zero-order valence-electron chi connectivity index (χ0n) is 17.1. The minimum Gasteiger partial charge on any atom is -0.459 e. The number of ether oxygens (including phenoxy) is 3. The van der Waals surface area contributed by atoms with Gasteiger partial charge >= 0.3 is 11.9 Å². The van der Waals surface area contributed by atoms with E-state index in [-0.39, 0.29) is 12.0 Å². The molecule has 0 amide bonds. The van der Waals surface area contributed by atoms with E-state index in [9.17, 15) is 14.7 Å². The molecule has 3 fully saturated rings. The molecule has 0 aromatic heterocycles. The minimum absolute atomic E-state index is 0.0411. The summed E-state index contributed by atoms with van der Waals surface area (Å²) in [6.45, 7) is 13.4. The Morgan fingerprint density at radius 1 is 1.32 bits per heavy atom. The summed E-state index contributed by atoms with van der Waals surface area (Å²) in [5, 5.41) is 10.9. The van der Waals surface area contributed by atoms with Crippen LogP contribution in [0.1, 0.15) is 59.3 Å². The summed E-state index contributed by atoms with van der Waals surface area (Å²) in [6.07, 6.45) is 2.27. The Morgan fingerprint density at radius 3 is 2.71 bits per heavy atom. The van der Waals surface area contributed by atoms with Crippen LogP contribution in [0.5, 0.6) is 0 Å². The lowest BCUT2D eigenvalue weighted by atomic mass is 9.79. The van der Waals surface area contributed by atoms with Gasteiger partial charge in [0, 0.05) is 18.4 Å². The van der Waals surface area contributed by atoms with Crippen molar-refractivity contribution < 1.29 is 28.9 Å². The molecule has 1 N–H and O–H groups in total. The van der Waals surface area contributed by atoms with Crippen LogP contribution in [0, 0.1) is 11.8 Å². The molecule has 0 unspecified atom stereocenters. The molecule has 0 radical (unpaired) electrons. The predicted octanol–water partition coefficient (Wildman–Crippen LogP) is 3.08. The second-order valence-corrected chi connectivity index (χ2v) is 8.81. The predicted molar refractivity (Wildman–Crippen MR) is 103 cm³/mol. The van der Waals surface area contributed by atoms with Crippen LogP contribution in [0.4, 0.5) is 0 Å². The molecule has 0 saturated carbocycles. The van der Waals surface area contributed by atoms with Gasteiger partial charge in [0.25, 0.3) is 0 Å². The molecule has 0 aromatic rings. The van der Waals surface area contributed by atoms with Crippen molar-refractivity contribution in [2.24, 2.45) is 11.8 Å². The van der Waals surface area contributed by atoms with E-state index < -0.39 is 41.8 Å². The number of aliphatic hydroxyl groups is 1. The van der Waals surface area contributed by atoms with Crippen LogP contribution < -0.4 is 0 Å². The van der Waals surface area contributed by atoms with Gasteiger partial charge in [-0.05, 0) is 56.9 Å². The third-order valence-corrected chi connectivity index (χ3v) is 6.65. The Bertz CT molecular complexity index is 670. The van der Waals surface area contributed by atoms with E-state index >= 15 is 0 Å². The van der Waals surface area contributed by atoms with Gasteiger partial charge in [0.1, 0.15) is 17.8 Å². The summed E-state index contributed by atoms with van der Waals surface area (Å²) in [5.74, 6) is -1.35. The van der Waals surface area contributed by atoms with Gasteiger partial charge in [-0.2, -0.15) is 0 Å². The fourth-order valence-corrected chi connectivity index (χ4v) is 4.76. The number of esters is 2. The first-order valence-corrected chi connectivity index (χ1v) is 10.2. The Kier molecular flexibility index (Phi) is 6.01. The third kappa shape index (κ3) is 4.03. The summed E-state index contributed by atoms with van der Waals surface area (Å²) in [6, 6.07) is 0. The molecule has 0 aliphatic carbocycles. The van der Waals surface area contributed by atoms with E-state index in [0.29, 0.717) is 12.0 Å². The fourth-order valence-electron chi connectivity index (χ4n) is 4.76. The SMILES string of the molecule is C=C1CCC[C@@H](C)[C@H](O)[C@@H]2OC(=O)C(=C)[C@@H]2C[C@@H](OC(C)=O)[C@]2(C)CC[C@H]1O2. The number of rotatable bonds is 1. The molecule has 28 heavy (non-hydrogen) atoms. The van der Waals surface area contributed by atoms with Crippen LogP contribution in [-0.2, 0) is 23.8 Å². The zero-order chi connectivity index (χ0) is 20.6. The quantitative estimate of drug-likeness (QED) is 0.420. The second kappa shape index (κ2) is 7.99. The van der Waals surface area contributed by atoms with E-state index in [0.717, 1.165) is 37.7 Å². The molecular formula is C22H32O6. The van der Waals surface area contributed by atoms with Crippen LogP contribution in [-0.4, -0.2) is 47.1 Å². The fraction of sp³-hybridized carbons (Fsp3) is 0.727. The van der Waals surface area contributed by atoms with Gasteiger partial charge in [0.2, 0.25) is 0 Å². The van der Waals surface area contributed by atoms with E-state index in [4.69, 9.17) is 14.2 Å². The second-order valence-electron chi connectivity index (χ2n) is 8.81. The molecule has 3 saturated heterocycles. The van der Waals surface area contributed by atoms with Gasteiger partial charge < -0.3 is 19.3 Å². The highest BCUT2D eigenvalue weighted by Gasteiger charge is 2.51. The van der Waals surface area contributed by atoms with E-state index in [2.05, 4.69) is 13.2 Å². The summed E-state index contributed by atoms with van der Waals surface area (Å²) in [5.41, 5.74) is 0.688. The van der Waals surface area contributed by atoms with Gasteiger partial charge in [-0.3, -0.25) is 4.79 Å². The van der Waals surface area contributed by atoms with Gasteiger partial charge in [-0.25, -0.2) is 4.79 Å². The van der Waals surface area contributed by atoms with Crippen LogP contribution in [0.25, 0.3) is 0 Å². The summed E-state index contributed by atoms with van der Waals surface area (Å²) in [4.78, 5) is 24.0. The van der Waals surface area contributed by atoms with Crippen LogP contribution in [0.3, 0.4) is 0 Å². The Balaban J connectivity index is 1.95. The molecule has 2 bridgehead atoms. The third-order valence-electron chi connectivity index (χ3n) is 6.65. The molecule has 3 aliphatic rings. The van der Waals surface area contributed by atoms with Crippen LogP contribution in [0.2, 0.25) is 0 Å². The lowest BCUT2D eigenvalue weighted by molar-refractivity contribution is -0.169. The highest BCUT2D eigenvalue weighted by Crippen LogP contribution is 2.44. The number of carbonyl (C=O) groups excluding carboxylic acids is 2. The maximum Gasteiger partial charge on any atom is 0.334 e. The van der Waals surface area contributed by atoms with Crippen molar-refractivity contribution in [2.75, 3.05) is 0 Å². The van der Waals surface area contributed by atoms with Crippen LogP contribution in [0.15, 0.2) is 24.3 Å². The molecule has 3 aliphatic heterocycles. The first-order chi connectivity index (χ1) is 13.1. The average Bonchev–Trinajstić information content (AvgIpc) is 3.15. The number of fused-ring (bicyclic) bond motifs is 3. The molecule has 3 heterocycles. The molecule has 7 atom stereocenters. The summed E-state index contributed by atoms with van der Waals surface area (Å²) >= 11 is 0.